The van der Waals surface area contributed by atoms with Crippen molar-refractivity contribution in [1.29, 1.82) is 0 Å². The third-order valence-electron chi connectivity index (χ3n) is 5.44. The maximum Gasteiger partial charge on any atom is 0.373 e. The predicted octanol–water partition coefficient (Wildman–Crippen LogP) is 5.90. The first-order chi connectivity index (χ1) is 12.5. The molecule has 0 aliphatic heterocycles. The van der Waals surface area contributed by atoms with Crippen molar-refractivity contribution in [2.45, 2.75) is 46.1 Å². The predicted molar refractivity (Wildman–Crippen MR) is 104 cm³/mol. The Balaban J connectivity index is 1.61. The topological polar surface area (TPSA) is 35.5 Å². The van der Waals surface area contributed by atoms with Crippen LogP contribution in [0.5, 0.6) is 0 Å². The minimum absolute atomic E-state index is 0.00806. The van der Waals surface area contributed by atoms with Crippen LogP contribution in [0.2, 0.25) is 0 Å². The maximum atomic E-state index is 12.3. The second kappa shape index (κ2) is 8.50. The van der Waals surface area contributed by atoms with E-state index in [2.05, 4.69) is 20.8 Å². The Kier molecular flexibility index (Phi) is 6.10. The smallest absolute Gasteiger partial charge is 0.293 e. The van der Waals surface area contributed by atoms with Crippen molar-refractivity contribution in [2.75, 3.05) is 0 Å². The molecule has 3 heteroatoms. The van der Waals surface area contributed by atoms with Gasteiger partial charge in [-0.3, -0.25) is 4.89 Å². The summed E-state index contributed by atoms with van der Waals surface area (Å²) in [6, 6.07) is 17.5. The molecule has 0 saturated heterocycles. The SMILES string of the molecule is CC1CCC(C(C)C)C(OOC(=O)c2ccc(-c3ccccc3)cc2)C1. The van der Waals surface area contributed by atoms with Crippen molar-refractivity contribution < 1.29 is 14.6 Å². The number of benzene rings is 2. The lowest BCUT2D eigenvalue weighted by Gasteiger charge is -2.35. The zero-order valence-electron chi connectivity index (χ0n) is 15.9. The van der Waals surface area contributed by atoms with Crippen molar-refractivity contribution in [3.63, 3.8) is 0 Å². The van der Waals surface area contributed by atoms with E-state index in [-0.39, 0.29) is 6.10 Å². The normalized spacial score (nSPS) is 23.0. The minimum Gasteiger partial charge on any atom is -0.293 e. The fourth-order valence-electron chi connectivity index (χ4n) is 3.81. The van der Waals surface area contributed by atoms with E-state index >= 15 is 0 Å². The van der Waals surface area contributed by atoms with Crippen LogP contribution in [0.3, 0.4) is 0 Å². The molecule has 0 heterocycles. The van der Waals surface area contributed by atoms with Crippen molar-refractivity contribution in [3.05, 3.63) is 60.2 Å². The van der Waals surface area contributed by atoms with Crippen LogP contribution in [0.15, 0.2) is 54.6 Å². The molecular formula is C23H28O3. The summed E-state index contributed by atoms with van der Waals surface area (Å²) in [5, 5.41) is 0. The molecule has 26 heavy (non-hydrogen) atoms. The van der Waals surface area contributed by atoms with E-state index in [1.54, 1.807) is 12.1 Å². The lowest BCUT2D eigenvalue weighted by molar-refractivity contribution is -0.296. The zero-order valence-corrected chi connectivity index (χ0v) is 15.9. The molecule has 3 unspecified atom stereocenters. The van der Waals surface area contributed by atoms with Crippen LogP contribution < -0.4 is 0 Å². The molecular weight excluding hydrogens is 324 g/mol. The maximum absolute atomic E-state index is 12.3. The van der Waals surface area contributed by atoms with Crippen molar-refractivity contribution >= 4 is 5.97 Å². The third-order valence-corrected chi connectivity index (χ3v) is 5.44. The molecule has 138 valence electrons. The molecule has 1 aliphatic carbocycles. The van der Waals surface area contributed by atoms with Crippen molar-refractivity contribution in [2.24, 2.45) is 17.8 Å². The van der Waals surface area contributed by atoms with E-state index in [1.807, 2.05) is 42.5 Å². The molecule has 3 atom stereocenters. The molecule has 1 aliphatic rings. The summed E-state index contributed by atoms with van der Waals surface area (Å²) >= 11 is 0. The van der Waals surface area contributed by atoms with Gasteiger partial charge in [-0.2, -0.15) is 4.89 Å². The molecule has 1 fully saturated rings. The largest absolute Gasteiger partial charge is 0.373 e. The highest BCUT2D eigenvalue weighted by Crippen LogP contribution is 2.35. The van der Waals surface area contributed by atoms with Crippen LogP contribution in [0.4, 0.5) is 0 Å². The Labute approximate surface area is 156 Å². The third kappa shape index (κ3) is 4.53. The van der Waals surface area contributed by atoms with Crippen LogP contribution in [0, 0.1) is 17.8 Å². The van der Waals surface area contributed by atoms with Gasteiger partial charge in [0.15, 0.2) is 0 Å². The molecule has 0 amide bonds. The van der Waals surface area contributed by atoms with Gasteiger partial charge < -0.3 is 0 Å². The van der Waals surface area contributed by atoms with Gasteiger partial charge in [-0.05, 0) is 53.9 Å². The van der Waals surface area contributed by atoms with Crippen LogP contribution in [-0.2, 0) is 9.78 Å². The van der Waals surface area contributed by atoms with Gasteiger partial charge in [0, 0.05) is 0 Å². The lowest BCUT2D eigenvalue weighted by atomic mass is 9.75. The Bertz CT molecular complexity index is 706. The summed E-state index contributed by atoms with van der Waals surface area (Å²) in [6.07, 6.45) is 3.29. The number of carbonyl (C=O) groups excluding carboxylic acids is 1. The summed E-state index contributed by atoms with van der Waals surface area (Å²) < 4.78 is 0. The van der Waals surface area contributed by atoms with Crippen molar-refractivity contribution in [1.82, 2.24) is 0 Å². The highest BCUT2D eigenvalue weighted by Gasteiger charge is 2.33. The summed E-state index contributed by atoms with van der Waals surface area (Å²) in [6.45, 7) is 6.65. The molecule has 0 N–H and O–H groups in total. The van der Waals surface area contributed by atoms with Gasteiger partial charge >= 0.3 is 5.97 Å². The molecule has 0 radical (unpaired) electrons. The molecule has 2 aromatic rings. The molecule has 2 aromatic carbocycles. The van der Waals surface area contributed by atoms with Gasteiger partial charge in [0.05, 0.1) is 5.56 Å². The molecule has 0 bridgehead atoms. The monoisotopic (exact) mass is 352 g/mol. The van der Waals surface area contributed by atoms with E-state index < -0.39 is 5.97 Å². The van der Waals surface area contributed by atoms with E-state index in [9.17, 15) is 4.79 Å². The van der Waals surface area contributed by atoms with Gasteiger partial charge in [0.2, 0.25) is 0 Å². The first kappa shape index (κ1) is 18.7. The van der Waals surface area contributed by atoms with E-state index in [0.717, 1.165) is 24.0 Å². The van der Waals surface area contributed by atoms with Crippen LogP contribution in [0.1, 0.15) is 50.4 Å². The Morgan fingerprint density at radius 3 is 2.27 bits per heavy atom. The average Bonchev–Trinajstić information content (AvgIpc) is 2.66. The summed E-state index contributed by atoms with van der Waals surface area (Å²) in [7, 11) is 0. The Morgan fingerprint density at radius 2 is 1.62 bits per heavy atom. The zero-order chi connectivity index (χ0) is 18.5. The van der Waals surface area contributed by atoms with Crippen LogP contribution in [0.25, 0.3) is 11.1 Å². The van der Waals surface area contributed by atoms with Crippen LogP contribution in [-0.4, -0.2) is 12.1 Å². The number of rotatable bonds is 5. The molecule has 0 aromatic heterocycles. The van der Waals surface area contributed by atoms with Gasteiger partial charge in [-0.1, -0.05) is 69.7 Å². The second-order valence-electron chi connectivity index (χ2n) is 7.77. The summed E-state index contributed by atoms with van der Waals surface area (Å²) in [5.74, 6) is 1.15. The Morgan fingerprint density at radius 1 is 0.962 bits per heavy atom. The fourth-order valence-corrected chi connectivity index (χ4v) is 3.81. The standard InChI is InChI=1S/C23H28O3/c1-16(2)21-14-9-17(3)15-22(21)25-26-23(24)20-12-10-19(11-13-20)18-7-5-4-6-8-18/h4-8,10-13,16-17,21-22H,9,14-15H2,1-3H3. The second-order valence-corrected chi connectivity index (χ2v) is 7.77. The van der Waals surface area contributed by atoms with E-state index in [0.29, 0.717) is 23.3 Å². The molecule has 1 saturated carbocycles. The van der Waals surface area contributed by atoms with E-state index in [4.69, 9.17) is 9.78 Å². The highest BCUT2D eigenvalue weighted by atomic mass is 17.2. The summed E-state index contributed by atoms with van der Waals surface area (Å²) in [5.41, 5.74) is 2.71. The van der Waals surface area contributed by atoms with Gasteiger partial charge in [0.25, 0.3) is 0 Å². The van der Waals surface area contributed by atoms with E-state index in [1.165, 1.54) is 6.42 Å². The highest BCUT2D eigenvalue weighted by molar-refractivity contribution is 5.89. The first-order valence-electron chi connectivity index (χ1n) is 9.57. The molecule has 3 nitrogen and oxygen atoms in total. The summed E-state index contributed by atoms with van der Waals surface area (Å²) in [4.78, 5) is 23.2. The lowest BCUT2D eigenvalue weighted by Crippen LogP contribution is -2.34. The molecule has 0 spiro atoms. The number of hydrogen-bond acceptors (Lipinski definition) is 3. The average molecular weight is 352 g/mol. The van der Waals surface area contributed by atoms with Gasteiger partial charge in [0.1, 0.15) is 6.10 Å². The minimum atomic E-state index is -0.426. The quantitative estimate of drug-likeness (QED) is 0.496. The number of hydrogen-bond donors (Lipinski definition) is 0. The fraction of sp³-hybridized carbons (Fsp3) is 0.435. The Hall–Kier alpha value is -2.13. The first-order valence-corrected chi connectivity index (χ1v) is 9.57. The van der Waals surface area contributed by atoms with Crippen LogP contribution >= 0.6 is 0 Å². The molecule has 3 rings (SSSR count). The van der Waals surface area contributed by atoms with Gasteiger partial charge in [-0.25, -0.2) is 4.79 Å². The van der Waals surface area contributed by atoms with Gasteiger partial charge in [-0.15, -0.1) is 0 Å². The van der Waals surface area contributed by atoms with Crippen molar-refractivity contribution in [3.8, 4) is 11.1 Å². The number of carbonyl (C=O) groups is 1.